The molecule has 0 N–H and O–H groups in total. The normalized spacial score (nSPS) is 20.3. The van der Waals surface area contributed by atoms with Crippen molar-refractivity contribution in [2.75, 3.05) is 25.4 Å². The zero-order chi connectivity index (χ0) is 14.3. The molecule has 21 heavy (non-hydrogen) atoms. The smallest absolute Gasteiger partial charge is 0.255 e. The summed E-state index contributed by atoms with van der Waals surface area (Å²) in [6.07, 6.45) is 4.61. The van der Waals surface area contributed by atoms with Crippen molar-refractivity contribution in [3.63, 3.8) is 0 Å². The van der Waals surface area contributed by atoms with Gasteiger partial charge >= 0.3 is 0 Å². The molecule has 5 heteroatoms. The van der Waals surface area contributed by atoms with Crippen LogP contribution < -0.4 is 0 Å². The van der Waals surface area contributed by atoms with E-state index in [2.05, 4.69) is 40.2 Å². The first kappa shape index (κ1) is 14.6. The fourth-order valence-electron chi connectivity index (χ4n) is 2.50. The van der Waals surface area contributed by atoms with Crippen LogP contribution in [0.25, 0.3) is 0 Å². The number of rotatable bonds is 5. The summed E-state index contributed by atoms with van der Waals surface area (Å²) in [4.78, 5) is 6.61. The van der Waals surface area contributed by atoms with Gasteiger partial charge in [0.1, 0.15) is 6.26 Å². The van der Waals surface area contributed by atoms with Crippen LogP contribution in [0.4, 0.5) is 0 Å². The fraction of sp³-hybridized carbons (Fsp3) is 0.438. The number of thioether (sulfide) groups is 1. The predicted molar refractivity (Wildman–Crippen MR) is 83.3 cm³/mol. The molecule has 1 saturated heterocycles. The first-order valence-electron chi connectivity index (χ1n) is 7.30. The fourth-order valence-corrected chi connectivity index (χ4v) is 3.29. The molecule has 0 bridgehead atoms. The molecule has 2 heterocycles. The highest BCUT2D eigenvalue weighted by Crippen LogP contribution is 2.19. The average molecular weight is 304 g/mol. The molecule has 1 aromatic heterocycles. The Morgan fingerprint density at radius 3 is 3.00 bits per heavy atom. The molecule has 0 amide bonds. The molecule has 3 rings (SSSR count). The molecule has 4 nitrogen and oxygen atoms in total. The highest BCUT2D eigenvalue weighted by atomic mass is 32.2. The first-order valence-corrected chi connectivity index (χ1v) is 8.29. The molecule has 1 aliphatic heterocycles. The van der Waals surface area contributed by atoms with Crippen LogP contribution in [0.15, 0.2) is 52.4 Å². The van der Waals surface area contributed by atoms with Crippen LogP contribution in [0.2, 0.25) is 0 Å². The molecule has 0 saturated carbocycles. The van der Waals surface area contributed by atoms with Crippen LogP contribution in [0.3, 0.4) is 0 Å². The molecule has 1 unspecified atom stereocenters. The molecule has 1 aliphatic rings. The summed E-state index contributed by atoms with van der Waals surface area (Å²) < 4.78 is 11.2. The third-order valence-corrected chi connectivity index (χ3v) is 4.47. The maximum atomic E-state index is 5.94. The van der Waals surface area contributed by atoms with E-state index in [0.29, 0.717) is 0 Å². The number of aromatic nitrogens is 1. The lowest BCUT2D eigenvalue weighted by molar-refractivity contribution is 0.0699. The Labute approximate surface area is 129 Å². The van der Waals surface area contributed by atoms with E-state index in [1.54, 1.807) is 24.2 Å². The van der Waals surface area contributed by atoms with E-state index in [4.69, 9.17) is 9.15 Å². The van der Waals surface area contributed by atoms with Gasteiger partial charge in [0.2, 0.25) is 0 Å². The lowest BCUT2D eigenvalue weighted by Gasteiger charge is -2.23. The quantitative estimate of drug-likeness (QED) is 0.794. The van der Waals surface area contributed by atoms with Gasteiger partial charge in [-0.1, -0.05) is 42.1 Å². The van der Waals surface area contributed by atoms with Crippen LogP contribution in [0.5, 0.6) is 0 Å². The molecule has 1 aromatic carbocycles. The van der Waals surface area contributed by atoms with Crippen LogP contribution in [-0.4, -0.2) is 41.4 Å². The number of hydrogen-bond acceptors (Lipinski definition) is 5. The van der Waals surface area contributed by atoms with E-state index >= 15 is 0 Å². The predicted octanol–water partition coefficient (Wildman–Crippen LogP) is 3.06. The highest BCUT2D eigenvalue weighted by molar-refractivity contribution is 7.99. The first-order chi connectivity index (χ1) is 10.4. The number of hydrogen-bond donors (Lipinski definition) is 0. The van der Waals surface area contributed by atoms with Crippen LogP contribution in [0, 0.1) is 0 Å². The summed E-state index contributed by atoms with van der Waals surface area (Å²) in [6.45, 7) is 3.88. The maximum absolute atomic E-state index is 5.94. The van der Waals surface area contributed by atoms with Gasteiger partial charge in [-0.2, -0.15) is 0 Å². The van der Waals surface area contributed by atoms with Crippen molar-refractivity contribution in [2.45, 2.75) is 24.3 Å². The Morgan fingerprint density at radius 1 is 1.29 bits per heavy atom. The van der Waals surface area contributed by atoms with Crippen molar-refractivity contribution in [3.8, 4) is 0 Å². The third-order valence-electron chi connectivity index (χ3n) is 3.49. The Bertz CT molecular complexity index is 518. The minimum atomic E-state index is 0.230. The van der Waals surface area contributed by atoms with E-state index in [9.17, 15) is 0 Å². The lowest BCUT2D eigenvalue weighted by Crippen LogP contribution is -2.32. The SMILES string of the molecule is c1ccc(CN2CCCOC(CSc3ncco3)C2)cc1. The minimum Gasteiger partial charge on any atom is -0.440 e. The maximum Gasteiger partial charge on any atom is 0.255 e. The molecule has 112 valence electrons. The van der Waals surface area contributed by atoms with E-state index in [-0.39, 0.29) is 6.10 Å². The minimum absolute atomic E-state index is 0.230. The molecular weight excluding hydrogens is 284 g/mol. The van der Waals surface area contributed by atoms with Crippen molar-refractivity contribution in [1.29, 1.82) is 0 Å². The van der Waals surface area contributed by atoms with Gasteiger partial charge in [-0.15, -0.1) is 0 Å². The number of benzene rings is 1. The number of ether oxygens (including phenoxy) is 1. The summed E-state index contributed by atoms with van der Waals surface area (Å²) in [5, 5.41) is 0.720. The van der Waals surface area contributed by atoms with E-state index in [0.717, 1.165) is 43.6 Å². The van der Waals surface area contributed by atoms with E-state index in [1.165, 1.54) is 5.56 Å². The summed E-state index contributed by atoms with van der Waals surface area (Å²) in [7, 11) is 0. The average Bonchev–Trinajstić information content (AvgIpc) is 2.93. The van der Waals surface area contributed by atoms with Gasteiger partial charge < -0.3 is 9.15 Å². The standard InChI is InChI=1S/C16H20N2O2S/c1-2-5-14(6-3-1)11-18-8-4-9-19-15(12-18)13-21-16-17-7-10-20-16/h1-3,5-7,10,15H,4,8-9,11-13H2. The Hall–Kier alpha value is -1.30. The second-order valence-electron chi connectivity index (χ2n) is 5.18. The van der Waals surface area contributed by atoms with Gasteiger partial charge in [0, 0.05) is 32.0 Å². The number of oxazole rings is 1. The molecule has 1 fully saturated rings. The molecule has 2 aromatic rings. The molecule has 0 aliphatic carbocycles. The van der Waals surface area contributed by atoms with E-state index in [1.807, 2.05) is 0 Å². The Kier molecular flexibility index (Phi) is 5.32. The Morgan fingerprint density at radius 2 is 2.19 bits per heavy atom. The summed E-state index contributed by atoms with van der Waals surface area (Å²) in [5.74, 6) is 0.881. The van der Waals surface area contributed by atoms with Gasteiger partial charge in [-0.25, -0.2) is 4.98 Å². The summed E-state index contributed by atoms with van der Waals surface area (Å²) in [6, 6.07) is 10.6. The van der Waals surface area contributed by atoms with Crippen LogP contribution >= 0.6 is 11.8 Å². The second kappa shape index (κ2) is 7.64. The van der Waals surface area contributed by atoms with Gasteiger partial charge in [0.25, 0.3) is 5.22 Å². The van der Waals surface area contributed by atoms with Gasteiger partial charge in [-0.05, 0) is 12.0 Å². The number of nitrogens with zero attached hydrogens (tertiary/aromatic N) is 2. The zero-order valence-electron chi connectivity index (χ0n) is 12.0. The van der Waals surface area contributed by atoms with Crippen molar-refractivity contribution < 1.29 is 9.15 Å². The second-order valence-corrected chi connectivity index (χ2v) is 6.15. The van der Waals surface area contributed by atoms with Crippen molar-refractivity contribution in [2.24, 2.45) is 0 Å². The molecule has 0 radical (unpaired) electrons. The molecular formula is C16H20N2O2S. The molecule has 0 spiro atoms. The van der Waals surface area contributed by atoms with Gasteiger partial charge in [0.15, 0.2) is 0 Å². The summed E-state index contributed by atoms with van der Waals surface area (Å²) in [5.41, 5.74) is 1.36. The van der Waals surface area contributed by atoms with Gasteiger partial charge in [-0.3, -0.25) is 4.90 Å². The highest BCUT2D eigenvalue weighted by Gasteiger charge is 2.19. The van der Waals surface area contributed by atoms with E-state index < -0.39 is 0 Å². The lowest BCUT2D eigenvalue weighted by atomic mass is 10.2. The Balaban J connectivity index is 1.53. The van der Waals surface area contributed by atoms with Crippen molar-refractivity contribution >= 4 is 11.8 Å². The third kappa shape index (κ3) is 4.59. The van der Waals surface area contributed by atoms with Crippen molar-refractivity contribution in [3.05, 3.63) is 48.4 Å². The topological polar surface area (TPSA) is 38.5 Å². The van der Waals surface area contributed by atoms with Crippen LogP contribution in [-0.2, 0) is 11.3 Å². The summed E-state index contributed by atoms with van der Waals surface area (Å²) >= 11 is 1.62. The monoisotopic (exact) mass is 304 g/mol. The molecule has 1 atom stereocenters. The zero-order valence-corrected chi connectivity index (χ0v) is 12.8. The van der Waals surface area contributed by atoms with Crippen LogP contribution in [0.1, 0.15) is 12.0 Å². The van der Waals surface area contributed by atoms with Crippen molar-refractivity contribution in [1.82, 2.24) is 9.88 Å². The van der Waals surface area contributed by atoms with Gasteiger partial charge in [0.05, 0.1) is 12.3 Å². The largest absolute Gasteiger partial charge is 0.440 e.